The average molecular weight is 340 g/mol. The van der Waals surface area contributed by atoms with Crippen LogP contribution >= 0.6 is 0 Å². The number of carbonyl (C=O) groups excluding carboxylic acids is 2. The van der Waals surface area contributed by atoms with Crippen molar-refractivity contribution >= 4 is 23.3 Å². The fraction of sp³-hybridized carbons (Fsp3) is 0.167. The van der Waals surface area contributed by atoms with Gasteiger partial charge < -0.3 is 10.6 Å². The van der Waals surface area contributed by atoms with E-state index in [1.54, 1.807) is 28.8 Å². The second-order valence-corrected chi connectivity index (χ2v) is 5.45. The number of pyridine rings is 1. The molecule has 0 saturated heterocycles. The highest BCUT2D eigenvalue weighted by Gasteiger charge is 2.21. The molecule has 0 aliphatic rings. The fourth-order valence-corrected chi connectivity index (χ4v) is 2.40. The Kier molecular flexibility index (Phi) is 4.74. The summed E-state index contributed by atoms with van der Waals surface area (Å²) in [5.41, 5.74) is 1.07. The highest BCUT2D eigenvalue weighted by atomic mass is 19.1. The number of hydrogen-bond donors (Lipinski definition) is 2. The summed E-state index contributed by atoms with van der Waals surface area (Å²) in [5, 5.41) is 5.43. The van der Waals surface area contributed by atoms with E-state index in [9.17, 15) is 14.0 Å². The number of carbonyl (C=O) groups is 2. The first-order chi connectivity index (χ1) is 12.1. The van der Waals surface area contributed by atoms with E-state index in [0.29, 0.717) is 12.2 Å². The lowest BCUT2D eigenvalue weighted by atomic mass is 10.2. The van der Waals surface area contributed by atoms with E-state index in [1.807, 2.05) is 6.92 Å². The molecule has 1 aromatic carbocycles. The van der Waals surface area contributed by atoms with Crippen LogP contribution in [0.5, 0.6) is 0 Å². The van der Waals surface area contributed by atoms with Crippen LogP contribution in [0.2, 0.25) is 0 Å². The summed E-state index contributed by atoms with van der Waals surface area (Å²) in [4.78, 5) is 29.2. The van der Waals surface area contributed by atoms with Gasteiger partial charge in [-0.3, -0.25) is 14.0 Å². The number of hydrogen-bond acceptors (Lipinski definition) is 3. The summed E-state index contributed by atoms with van der Waals surface area (Å²) in [6.07, 6.45) is 2.50. The SMILES string of the molecule is CCCNC(=O)c1c(NC(=O)c2ccc(F)cc2)nc2ccccn12. The van der Waals surface area contributed by atoms with Gasteiger partial charge in [0.05, 0.1) is 0 Å². The Morgan fingerprint density at radius 3 is 2.60 bits per heavy atom. The van der Waals surface area contributed by atoms with Crippen molar-refractivity contribution in [3.05, 3.63) is 65.7 Å². The van der Waals surface area contributed by atoms with Gasteiger partial charge in [-0.25, -0.2) is 9.37 Å². The second kappa shape index (κ2) is 7.12. The standard InChI is InChI=1S/C18H17FN4O2/c1-2-10-20-18(25)15-16(21-14-5-3-4-11-23(14)15)22-17(24)12-6-8-13(19)9-7-12/h3-9,11H,2,10H2,1H3,(H,20,25)(H,22,24). The van der Waals surface area contributed by atoms with Gasteiger partial charge in [-0.2, -0.15) is 0 Å². The number of halogens is 1. The monoisotopic (exact) mass is 340 g/mol. The van der Waals surface area contributed by atoms with Gasteiger partial charge in [0.2, 0.25) is 0 Å². The van der Waals surface area contributed by atoms with Crippen LogP contribution < -0.4 is 10.6 Å². The lowest BCUT2D eigenvalue weighted by Gasteiger charge is -2.07. The zero-order valence-corrected chi connectivity index (χ0v) is 13.6. The molecule has 3 rings (SSSR count). The number of nitrogens with zero attached hydrogens (tertiary/aromatic N) is 2. The fourth-order valence-electron chi connectivity index (χ4n) is 2.40. The molecule has 2 amide bonds. The maximum absolute atomic E-state index is 13.0. The first kappa shape index (κ1) is 16.6. The Hall–Kier alpha value is -3.22. The second-order valence-electron chi connectivity index (χ2n) is 5.45. The van der Waals surface area contributed by atoms with Crippen molar-refractivity contribution in [2.24, 2.45) is 0 Å². The van der Waals surface area contributed by atoms with Crippen LogP contribution in [0.25, 0.3) is 5.65 Å². The van der Waals surface area contributed by atoms with E-state index in [4.69, 9.17) is 0 Å². The molecule has 2 aromatic heterocycles. The van der Waals surface area contributed by atoms with E-state index in [1.165, 1.54) is 24.3 Å². The Labute approximate surface area is 143 Å². The number of imidazole rings is 1. The summed E-state index contributed by atoms with van der Waals surface area (Å²) < 4.78 is 14.6. The molecule has 128 valence electrons. The third kappa shape index (κ3) is 3.50. The van der Waals surface area contributed by atoms with Gasteiger partial charge in [0.25, 0.3) is 11.8 Å². The zero-order chi connectivity index (χ0) is 17.8. The number of amides is 2. The van der Waals surface area contributed by atoms with Crippen molar-refractivity contribution in [1.82, 2.24) is 14.7 Å². The normalized spacial score (nSPS) is 10.6. The summed E-state index contributed by atoms with van der Waals surface area (Å²) in [5.74, 6) is -1.05. The highest BCUT2D eigenvalue weighted by Crippen LogP contribution is 2.19. The molecule has 0 spiro atoms. The van der Waals surface area contributed by atoms with Crippen LogP contribution in [0, 0.1) is 5.82 Å². The molecule has 7 heteroatoms. The van der Waals surface area contributed by atoms with Gasteiger partial charge in [-0.15, -0.1) is 0 Å². The Morgan fingerprint density at radius 2 is 1.88 bits per heavy atom. The van der Waals surface area contributed by atoms with E-state index in [0.717, 1.165) is 6.42 Å². The number of rotatable bonds is 5. The Morgan fingerprint density at radius 1 is 1.12 bits per heavy atom. The van der Waals surface area contributed by atoms with E-state index < -0.39 is 11.7 Å². The molecule has 2 N–H and O–H groups in total. The number of fused-ring (bicyclic) bond motifs is 1. The summed E-state index contributed by atoms with van der Waals surface area (Å²) in [6, 6.07) is 10.5. The topological polar surface area (TPSA) is 75.5 Å². The minimum absolute atomic E-state index is 0.161. The number of aromatic nitrogens is 2. The van der Waals surface area contributed by atoms with Crippen molar-refractivity contribution in [1.29, 1.82) is 0 Å². The Balaban J connectivity index is 1.96. The van der Waals surface area contributed by atoms with E-state index in [-0.39, 0.29) is 23.0 Å². The molecule has 0 aliphatic heterocycles. The highest BCUT2D eigenvalue weighted by molar-refractivity contribution is 6.08. The minimum Gasteiger partial charge on any atom is -0.351 e. The van der Waals surface area contributed by atoms with Gasteiger partial charge in [0.1, 0.15) is 11.5 Å². The smallest absolute Gasteiger partial charge is 0.272 e. The van der Waals surface area contributed by atoms with Crippen molar-refractivity contribution in [3.63, 3.8) is 0 Å². The minimum atomic E-state index is -0.465. The van der Waals surface area contributed by atoms with Crippen molar-refractivity contribution in [3.8, 4) is 0 Å². The summed E-state index contributed by atoms with van der Waals surface area (Å²) in [6.45, 7) is 2.47. The molecular formula is C18H17FN4O2. The predicted octanol–water partition coefficient (Wildman–Crippen LogP) is 2.87. The lowest BCUT2D eigenvalue weighted by Crippen LogP contribution is -2.27. The van der Waals surface area contributed by atoms with Crippen LogP contribution in [0.3, 0.4) is 0 Å². The van der Waals surface area contributed by atoms with Crippen LogP contribution in [-0.4, -0.2) is 27.7 Å². The molecule has 0 fully saturated rings. The summed E-state index contributed by atoms with van der Waals surface area (Å²) >= 11 is 0. The van der Waals surface area contributed by atoms with Gasteiger partial charge in [0, 0.05) is 18.3 Å². The first-order valence-corrected chi connectivity index (χ1v) is 7.92. The molecule has 0 bridgehead atoms. The van der Waals surface area contributed by atoms with Crippen LogP contribution in [0.4, 0.5) is 10.2 Å². The first-order valence-electron chi connectivity index (χ1n) is 7.92. The average Bonchev–Trinajstić information content (AvgIpc) is 2.98. The third-order valence-electron chi connectivity index (χ3n) is 3.62. The van der Waals surface area contributed by atoms with Crippen LogP contribution in [0.15, 0.2) is 48.7 Å². The van der Waals surface area contributed by atoms with E-state index in [2.05, 4.69) is 15.6 Å². The molecule has 0 atom stereocenters. The maximum Gasteiger partial charge on any atom is 0.272 e. The number of anilines is 1. The third-order valence-corrected chi connectivity index (χ3v) is 3.62. The molecule has 6 nitrogen and oxygen atoms in total. The molecule has 0 aliphatic carbocycles. The number of benzene rings is 1. The molecule has 25 heavy (non-hydrogen) atoms. The van der Waals surface area contributed by atoms with Gasteiger partial charge in [0.15, 0.2) is 11.5 Å². The van der Waals surface area contributed by atoms with Gasteiger partial charge >= 0.3 is 0 Å². The van der Waals surface area contributed by atoms with Crippen molar-refractivity contribution in [2.75, 3.05) is 11.9 Å². The molecular weight excluding hydrogens is 323 g/mol. The van der Waals surface area contributed by atoms with Crippen molar-refractivity contribution in [2.45, 2.75) is 13.3 Å². The Bertz CT molecular complexity index is 918. The summed E-state index contributed by atoms with van der Waals surface area (Å²) in [7, 11) is 0. The predicted molar refractivity (Wildman–Crippen MR) is 92.2 cm³/mol. The van der Waals surface area contributed by atoms with Gasteiger partial charge in [-0.1, -0.05) is 13.0 Å². The van der Waals surface area contributed by atoms with Gasteiger partial charge in [-0.05, 0) is 42.8 Å². The van der Waals surface area contributed by atoms with Crippen LogP contribution in [-0.2, 0) is 0 Å². The van der Waals surface area contributed by atoms with E-state index >= 15 is 0 Å². The molecule has 0 radical (unpaired) electrons. The zero-order valence-electron chi connectivity index (χ0n) is 13.6. The molecule has 0 unspecified atom stereocenters. The molecule has 3 aromatic rings. The largest absolute Gasteiger partial charge is 0.351 e. The lowest BCUT2D eigenvalue weighted by molar-refractivity contribution is 0.0949. The van der Waals surface area contributed by atoms with Crippen molar-refractivity contribution < 1.29 is 14.0 Å². The maximum atomic E-state index is 13.0. The molecule has 0 saturated carbocycles. The molecule has 2 heterocycles. The van der Waals surface area contributed by atoms with Crippen LogP contribution in [0.1, 0.15) is 34.2 Å². The number of nitrogens with one attached hydrogen (secondary N) is 2. The quantitative estimate of drug-likeness (QED) is 0.750.